The number of hydrogen-bond donors (Lipinski definition) is 2. The van der Waals surface area contributed by atoms with Gasteiger partial charge in [-0.05, 0) is 72.9 Å². The molecule has 2 aromatic rings. The van der Waals surface area contributed by atoms with Gasteiger partial charge in [-0.2, -0.15) is 0 Å². The van der Waals surface area contributed by atoms with E-state index in [1.807, 2.05) is 38.1 Å². The van der Waals surface area contributed by atoms with Crippen LogP contribution in [0.4, 0.5) is 11.4 Å². The number of ether oxygens (including phenoxy) is 1. The molecule has 9 heteroatoms. The first kappa shape index (κ1) is 28.5. The summed E-state index contributed by atoms with van der Waals surface area (Å²) in [7, 11) is -7.13. The minimum atomic E-state index is -3.94. The van der Waals surface area contributed by atoms with E-state index < -0.39 is 19.8 Å². The van der Waals surface area contributed by atoms with Crippen LogP contribution in [0.1, 0.15) is 52.5 Å². The van der Waals surface area contributed by atoms with Crippen molar-refractivity contribution in [2.24, 2.45) is 11.3 Å². The van der Waals surface area contributed by atoms with Crippen LogP contribution in [0.2, 0.25) is 0 Å². The lowest BCUT2D eigenvalue weighted by molar-refractivity contribution is 0.0191. The number of benzene rings is 2. The van der Waals surface area contributed by atoms with Crippen molar-refractivity contribution in [1.29, 1.82) is 4.78 Å². The Kier molecular flexibility index (Phi) is 9.11. The molecule has 1 atom stereocenters. The van der Waals surface area contributed by atoms with Gasteiger partial charge in [0.05, 0.1) is 30.9 Å². The summed E-state index contributed by atoms with van der Waals surface area (Å²) < 4.78 is 56.0. The number of nitrogens with zero attached hydrogens (tertiary/aromatic N) is 1. The SMILES string of the molecule is CCc1ccc(N(CC(C)C)S(=O)(=O)c2ccc(NCC3(CC)CCOCC3)c(S(C)(=N)=O)c2)cc1. The number of hydrogen-bond acceptors (Lipinski definition) is 6. The Morgan fingerprint density at radius 3 is 2.22 bits per heavy atom. The molecule has 0 amide bonds. The molecule has 0 aliphatic carbocycles. The lowest BCUT2D eigenvalue weighted by atomic mass is 9.78. The number of aryl methyl sites for hydroxylation is 1. The molecule has 36 heavy (non-hydrogen) atoms. The van der Waals surface area contributed by atoms with Crippen molar-refractivity contribution in [3.63, 3.8) is 0 Å². The summed E-state index contributed by atoms with van der Waals surface area (Å²) in [6, 6.07) is 12.2. The van der Waals surface area contributed by atoms with Gasteiger partial charge in [0, 0.05) is 32.6 Å². The zero-order valence-electron chi connectivity index (χ0n) is 22.2. The predicted molar refractivity (Wildman–Crippen MR) is 148 cm³/mol. The third-order valence-corrected chi connectivity index (χ3v) is 10.0. The Hall–Kier alpha value is -2.10. The summed E-state index contributed by atoms with van der Waals surface area (Å²) in [6.07, 6.45) is 5.05. The molecule has 7 nitrogen and oxygen atoms in total. The minimum Gasteiger partial charge on any atom is -0.383 e. The summed E-state index contributed by atoms with van der Waals surface area (Å²) in [5.74, 6) is 0.0994. The van der Waals surface area contributed by atoms with E-state index in [4.69, 9.17) is 9.52 Å². The Labute approximate surface area is 217 Å². The number of nitrogens with one attached hydrogen (secondary N) is 2. The van der Waals surface area contributed by atoms with Crippen LogP contribution in [-0.4, -0.2) is 45.2 Å². The Balaban J connectivity index is 1.99. The summed E-state index contributed by atoms with van der Waals surface area (Å²) in [6.45, 7) is 10.6. The fourth-order valence-corrected chi connectivity index (χ4v) is 7.21. The molecule has 0 saturated carbocycles. The summed E-state index contributed by atoms with van der Waals surface area (Å²) in [5, 5.41) is 3.40. The number of rotatable bonds is 11. The van der Waals surface area contributed by atoms with Crippen LogP contribution < -0.4 is 9.62 Å². The van der Waals surface area contributed by atoms with Crippen LogP contribution >= 0.6 is 0 Å². The van der Waals surface area contributed by atoms with Gasteiger partial charge >= 0.3 is 0 Å². The lowest BCUT2D eigenvalue weighted by Crippen LogP contribution is -2.36. The van der Waals surface area contributed by atoms with Crippen molar-refractivity contribution in [3.8, 4) is 0 Å². The molecule has 3 rings (SSSR count). The molecule has 1 heterocycles. The molecule has 1 fully saturated rings. The maximum Gasteiger partial charge on any atom is 0.264 e. The maximum atomic E-state index is 13.9. The molecular weight excluding hydrogens is 494 g/mol. The molecule has 1 saturated heterocycles. The fraction of sp³-hybridized carbons (Fsp3) is 0.556. The normalized spacial score (nSPS) is 17.5. The average molecular weight is 536 g/mol. The van der Waals surface area contributed by atoms with Gasteiger partial charge in [-0.15, -0.1) is 0 Å². The van der Waals surface area contributed by atoms with E-state index in [1.54, 1.807) is 12.1 Å². The van der Waals surface area contributed by atoms with Crippen LogP contribution in [0, 0.1) is 16.1 Å². The summed E-state index contributed by atoms with van der Waals surface area (Å²) in [5.41, 5.74) is 2.35. The minimum absolute atomic E-state index is 0.0429. The van der Waals surface area contributed by atoms with Crippen molar-refractivity contribution >= 4 is 31.1 Å². The van der Waals surface area contributed by atoms with E-state index in [9.17, 15) is 12.6 Å². The molecule has 0 bridgehead atoms. The molecule has 1 aliphatic rings. The van der Waals surface area contributed by atoms with E-state index in [0.29, 0.717) is 37.7 Å². The highest BCUT2D eigenvalue weighted by Gasteiger charge is 2.32. The molecular formula is C27H41N3O4S2. The van der Waals surface area contributed by atoms with Crippen LogP contribution in [0.15, 0.2) is 52.3 Å². The first-order valence-electron chi connectivity index (χ1n) is 12.7. The summed E-state index contributed by atoms with van der Waals surface area (Å²) >= 11 is 0. The van der Waals surface area contributed by atoms with E-state index in [0.717, 1.165) is 31.2 Å². The second-order valence-electron chi connectivity index (χ2n) is 10.3. The second-order valence-corrected chi connectivity index (χ2v) is 14.3. The van der Waals surface area contributed by atoms with Gasteiger partial charge < -0.3 is 10.1 Å². The molecule has 200 valence electrons. The average Bonchev–Trinajstić information content (AvgIpc) is 2.86. The first-order valence-corrected chi connectivity index (χ1v) is 16.1. The van der Waals surface area contributed by atoms with Gasteiger partial charge in [-0.1, -0.05) is 39.8 Å². The molecule has 2 aromatic carbocycles. The highest BCUT2D eigenvalue weighted by molar-refractivity contribution is 7.93. The molecule has 2 N–H and O–H groups in total. The van der Waals surface area contributed by atoms with Crippen LogP contribution in [0.5, 0.6) is 0 Å². The van der Waals surface area contributed by atoms with E-state index in [2.05, 4.69) is 19.2 Å². The van der Waals surface area contributed by atoms with Gasteiger partial charge in [0.2, 0.25) is 0 Å². The van der Waals surface area contributed by atoms with Gasteiger partial charge in [0.25, 0.3) is 10.0 Å². The van der Waals surface area contributed by atoms with Crippen molar-refractivity contribution in [2.75, 3.05) is 42.2 Å². The third-order valence-electron chi connectivity index (χ3n) is 7.08. The van der Waals surface area contributed by atoms with Gasteiger partial charge in [-0.3, -0.25) is 4.31 Å². The number of sulfonamides is 1. The van der Waals surface area contributed by atoms with Crippen molar-refractivity contribution in [2.45, 2.75) is 63.2 Å². The molecule has 0 radical (unpaired) electrons. The van der Waals surface area contributed by atoms with Crippen molar-refractivity contribution in [3.05, 3.63) is 48.0 Å². The van der Waals surface area contributed by atoms with Crippen LogP contribution in [0.25, 0.3) is 0 Å². The summed E-state index contributed by atoms with van der Waals surface area (Å²) in [4.78, 5) is 0.258. The fourth-order valence-electron chi connectivity index (χ4n) is 4.57. The van der Waals surface area contributed by atoms with Gasteiger partial charge in [0.1, 0.15) is 0 Å². The van der Waals surface area contributed by atoms with E-state index in [1.165, 1.54) is 16.6 Å². The molecule has 1 aliphatic heterocycles. The smallest absolute Gasteiger partial charge is 0.264 e. The zero-order chi connectivity index (χ0) is 26.6. The van der Waals surface area contributed by atoms with Crippen LogP contribution in [0.3, 0.4) is 0 Å². The van der Waals surface area contributed by atoms with Crippen molar-refractivity contribution < 1.29 is 17.4 Å². The topological polar surface area (TPSA) is 99.6 Å². The zero-order valence-corrected chi connectivity index (χ0v) is 23.8. The monoisotopic (exact) mass is 535 g/mol. The van der Waals surface area contributed by atoms with Crippen LogP contribution in [-0.2, 0) is 30.9 Å². The third kappa shape index (κ3) is 6.61. The lowest BCUT2D eigenvalue weighted by Gasteiger charge is -2.37. The number of anilines is 2. The molecule has 0 spiro atoms. The molecule has 1 unspecified atom stereocenters. The van der Waals surface area contributed by atoms with E-state index >= 15 is 0 Å². The molecule has 0 aromatic heterocycles. The highest BCUT2D eigenvalue weighted by Crippen LogP contribution is 2.36. The van der Waals surface area contributed by atoms with Crippen molar-refractivity contribution in [1.82, 2.24) is 0 Å². The van der Waals surface area contributed by atoms with Gasteiger partial charge in [0.15, 0.2) is 0 Å². The largest absolute Gasteiger partial charge is 0.383 e. The first-order chi connectivity index (χ1) is 16.9. The predicted octanol–water partition coefficient (Wildman–Crippen LogP) is 5.75. The van der Waals surface area contributed by atoms with Gasteiger partial charge in [-0.25, -0.2) is 17.4 Å². The quantitative estimate of drug-likeness (QED) is 0.381. The van der Waals surface area contributed by atoms with E-state index in [-0.39, 0.29) is 21.1 Å². The second kappa shape index (κ2) is 11.5. The maximum absolute atomic E-state index is 13.9. The highest BCUT2D eigenvalue weighted by atomic mass is 32.2. The Bertz CT molecular complexity index is 1230. The standard InChI is InChI=1S/C27H41N3O4S2/c1-6-22-8-10-23(11-9-22)30(19-21(3)4)36(32,33)24-12-13-25(26(18-24)35(5,28)31)29-20-27(7-2)14-16-34-17-15-27/h8-13,18,21,28-29H,6-7,14-17,19-20H2,1-5H3. The Morgan fingerprint density at radius 2 is 1.69 bits per heavy atom. The Morgan fingerprint density at radius 1 is 1.06 bits per heavy atom.